The predicted molar refractivity (Wildman–Crippen MR) is 78.4 cm³/mol. The Balaban J connectivity index is 2.29. The normalized spacial score (nSPS) is 18.1. The number of hydrogen-bond donors (Lipinski definition) is 1. The summed E-state index contributed by atoms with van der Waals surface area (Å²) < 4.78 is 2.15. The maximum Gasteiger partial charge on any atom is 0.101 e. The maximum atomic E-state index is 10.3. The highest BCUT2D eigenvalue weighted by Crippen LogP contribution is 2.34. The summed E-state index contributed by atoms with van der Waals surface area (Å²) in [5, 5.41) is 10.3. The summed E-state index contributed by atoms with van der Waals surface area (Å²) in [6.45, 7) is 0. The second kappa shape index (κ2) is 5.65. The lowest BCUT2D eigenvalue weighted by Gasteiger charge is -2.20. The summed E-state index contributed by atoms with van der Waals surface area (Å²) in [5.41, 5.74) is 2.16. The molecule has 0 aliphatic heterocycles. The lowest BCUT2D eigenvalue weighted by molar-refractivity contribution is 0.207. The van der Waals surface area contributed by atoms with Crippen LogP contribution < -0.4 is 0 Å². The SMILES string of the molecule is OC(C1=CCCCC1)c1cc(I)ccc1Br. The van der Waals surface area contributed by atoms with Crippen molar-refractivity contribution in [1.82, 2.24) is 0 Å². The van der Waals surface area contributed by atoms with Gasteiger partial charge in [0.05, 0.1) is 0 Å². The Morgan fingerprint density at radius 2 is 2.12 bits per heavy atom. The fourth-order valence-corrected chi connectivity index (χ4v) is 3.01. The summed E-state index contributed by atoms with van der Waals surface area (Å²) >= 11 is 5.78. The fraction of sp³-hybridized carbons (Fsp3) is 0.385. The van der Waals surface area contributed by atoms with Crippen LogP contribution in [-0.4, -0.2) is 5.11 Å². The van der Waals surface area contributed by atoms with Gasteiger partial charge in [-0.15, -0.1) is 0 Å². The van der Waals surface area contributed by atoms with Crippen molar-refractivity contribution in [3.63, 3.8) is 0 Å². The molecule has 16 heavy (non-hydrogen) atoms. The predicted octanol–water partition coefficient (Wildman–Crippen LogP) is 4.59. The van der Waals surface area contributed by atoms with E-state index in [1.807, 2.05) is 18.2 Å². The molecule has 0 fully saturated rings. The molecule has 0 bridgehead atoms. The second-order valence-electron chi connectivity index (χ2n) is 4.09. The Kier molecular flexibility index (Phi) is 4.44. The van der Waals surface area contributed by atoms with Gasteiger partial charge in [0.1, 0.15) is 6.10 Å². The van der Waals surface area contributed by atoms with Crippen LogP contribution in [0.4, 0.5) is 0 Å². The van der Waals surface area contributed by atoms with Crippen molar-refractivity contribution in [2.45, 2.75) is 31.8 Å². The highest BCUT2D eigenvalue weighted by molar-refractivity contribution is 14.1. The molecule has 3 heteroatoms. The molecule has 0 saturated carbocycles. The Morgan fingerprint density at radius 3 is 2.81 bits per heavy atom. The number of rotatable bonds is 2. The molecule has 1 N–H and O–H groups in total. The van der Waals surface area contributed by atoms with Crippen LogP contribution >= 0.6 is 38.5 Å². The van der Waals surface area contributed by atoms with Crippen LogP contribution in [0.3, 0.4) is 0 Å². The standard InChI is InChI=1S/C13H14BrIO/c14-12-7-6-10(15)8-11(12)13(16)9-4-2-1-3-5-9/h4,6-8,13,16H,1-3,5H2. The van der Waals surface area contributed by atoms with Gasteiger partial charge in [-0.25, -0.2) is 0 Å². The van der Waals surface area contributed by atoms with Crippen molar-refractivity contribution in [3.05, 3.63) is 43.5 Å². The Labute approximate surface area is 118 Å². The van der Waals surface area contributed by atoms with E-state index in [4.69, 9.17) is 0 Å². The molecule has 1 unspecified atom stereocenters. The van der Waals surface area contributed by atoms with E-state index < -0.39 is 6.10 Å². The highest BCUT2D eigenvalue weighted by Gasteiger charge is 2.17. The third-order valence-corrected chi connectivity index (χ3v) is 4.32. The molecule has 2 rings (SSSR count). The van der Waals surface area contributed by atoms with Crippen molar-refractivity contribution < 1.29 is 5.11 Å². The maximum absolute atomic E-state index is 10.3. The summed E-state index contributed by atoms with van der Waals surface area (Å²) in [4.78, 5) is 0. The van der Waals surface area contributed by atoms with Gasteiger partial charge in [-0.2, -0.15) is 0 Å². The summed E-state index contributed by atoms with van der Waals surface area (Å²) in [5.74, 6) is 0. The van der Waals surface area contributed by atoms with E-state index in [1.165, 1.54) is 18.4 Å². The number of halogens is 2. The first-order valence-corrected chi connectivity index (χ1v) is 7.37. The smallest absolute Gasteiger partial charge is 0.101 e. The molecule has 1 atom stereocenters. The topological polar surface area (TPSA) is 20.2 Å². The molecule has 1 aromatic rings. The van der Waals surface area contributed by atoms with Crippen molar-refractivity contribution in [3.8, 4) is 0 Å². The molecule has 0 heterocycles. The van der Waals surface area contributed by atoms with Crippen molar-refractivity contribution in [2.75, 3.05) is 0 Å². The summed E-state index contributed by atoms with van der Waals surface area (Å²) in [6, 6.07) is 6.09. The van der Waals surface area contributed by atoms with Crippen molar-refractivity contribution in [2.24, 2.45) is 0 Å². The Bertz CT molecular complexity index is 414. The van der Waals surface area contributed by atoms with Gasteiger partial charge < -0.3 is 5.11 Å². The average molecular weight is 393 g/mol. The summed E-state index contributed by atoms with van der Waals surface area (Å²) in [7, 11) is 0. The van der Waals surface area contributed by atoms with Crippen LogP contribution in [0.15, 0.2) is 34.3 Å². The molecule has 1 aliphatic rings. The monoisotopic (exact) mass is 392 g/mol. The molecule has 1 aromatic carbocycles. The van der Waals surface area contributed by atoms with Crippen molar-refractivity contribution >= 4 is 38.5 Å². The lowest BCUT2D eigenvalue weighted by atomic mass is 9.92. The molecule has 1 nitrogen and oxygen atoms in total. The first-order chi connectivity index (χ1) is 7.68. The third-order valence-electron chi connectivity index (χ3n) is 2.93. The molecule has 0 radical (unpaired) electrons. The van der Waals surface area contributed by atoms with E-state index in [0.29, 0.717) is 0 Å². The second-order valence-corrected chi connectivity index (χ2v) is 6.19. The lowest BCUT2D eigenvalue weighted by Crippen LogP contribution is -2.05. The number of benzene rings is 1. The molecular formula is C13H14BrIO. The summed E-state index contributed by atoms with van der Waals surface area (Å²) in [6.07, 6.45) is 6.34. The zero-order valence-electron chi connectivity index (χ0n) is 8.92. The van der Waals surface area contributed by atoms with E-state index in [9.17, 15) is 5.11 Å². The quantitative estimate of drug-likeness (QED) is 0.576. The minimum atomic E-state index is -0.440. The minimum absolute atomic E-state index is 0.440. The van der Waals surface area contributed by atoms with Crippen LogP contribution in [0.5, 0.6) is 0 Å². The Hall–Kier alpha value is 0.130. The number of aliphatic hydroxyl groups is 1. The van der Waals surface area contributed by atoms with Gasteiger partial charge in [0.2, 0.25) is 0 Å². The molecule has 0 spiro atoms. The molecule has 0 aromatic heterocycles. The van der Waals surface area contributed by atoms with E-state index in [-0.39, 0.29) is 0 Å². The minimum Gasteiger partial charge on any atom is -0.384 e. The van der Waals surface area contributed by atoms with E-state index >= 15 is 0 Å². The number of aliphatic hydroxyl groups excluding tert-OH is 1. The van der Waals surface area contributed by atoms with E-state index in [1.54, 1.807) is 0 Å². The molecule has 86 valence electrons. The van der Waals surface area contributed by atoms with Crippen molar-refractivity contribution in [1.29, 1.82) is 0 Å². The van der Waals surface area contributed by atoms with Gasteiger partial charge in [-0.1, -0.05) is 22.0 Å². The number of allylic oxidation sites excluding steroid dienone is 1. The fourth-order valence-electron chi connectivity index (χ4n) is 2.04. The molecule has 1 aliphatic carbocycles. The van der Waals surface area contributed by atoms with E-state index in [2.05, 4.69) is 44.6 Å². The van der Waals surface area contributed by atoms with Gasteiger partial charge >= 0.3 is 0 Å². The van der Waals surface area contributed by atoms with Gasteiger partial charge in [-0.3, -0.25) is 0 Å². The molecular weight excluding hydrogens is 379 g/mol. The third kappa shape index (κ3) is 2.87. The van der Waals surface area contributed by atoms with Crippen LogP contribution in [0.1, 0.15) is 37.4 Å². The number of hydrogen-bond acceptors (Lipinski definition) is 1. The van der Waals surface area contributed by atoms with Gasteiger partial charge in [-0.05, 0) is 77.6 Å². The zero-order valence-corrected chi connectivity index (χ0v) is 12.7. The van der Waals surface area contributed by atoms with Gasteiger partial charge in [0.25, 0.3) is 0 Å². The van der Waals surface area contributed by atoms with Crippen LogP contribution in [0.25, 0.3) is 0 Å². The van der Waals surface area contributed by atoms with Gasteiger partial charge in [0, 0.05) is 8.04 Å². The average Bonchev–Trinajstić information content (AvgIpc) is 2.32. The first kappa shape index (κ1) is 12.6. The Morgan fingerprint density at radius 1 is 1.31 bits per heavy atom. The molecule has 0 saturated heterocycles. The van der Waals surface area contributed by atoms with E-state index in [0.717, 1.165) is 26.4 Å². The highest BCUT2D eigenvalue weighted by atomic mass is 127. The van der Waals surface area contributed by atoms with Crippen LogP contribution in [-0.2, 0) is 0 Å². The largest absolute Gasteiger partial charge is 0.384 e. The zero-order chi connectivity index (χ0) is 11.5. The van der Waals surface area contributed by atoms with Crippen LogP contribution in [0, 0.1) is 3.57 Å². The first-order valence-electron chi connectivity index (χ1n) is 5.50. The molecule has 0 amide bonds. The van der Waals surface area contributed by atoms with Crippen LogP contribution in [0.2, 0.25) is 0 Å². The van der Waals surface area contributed by atoms with Gasteiger partial charge in [0.15, 0.2) is 0 Å².